The smallest absolute Gasteiger partial charge is 0.121 e. The fourth-order valence-electron chi connectivity index (χ4n) is 2.09. The van der Waals surface area contributed by atoms with Gasteiger partial charge in [0.25, 0.3) is 0 Å². The minimum absolute atomic E-state index is 0.603. The van der Waals surface area contributed by atoms with Gasteiger partial charge in [-0.05, 0) is 40.9 Å². The van der Waals surface area contributed by atoms with Gasteiger partial charge in [0.1, 0.15) is 5.54 Å². The maximum Gasteiger partial charge on any atom is 0.121 e. The zero-order valence-corrected chi connectivity index (χ0v) is 10.6. The van der Waals surface area contributed by atoms with Gasteiger partial charge in [-0.2, -0.15) is 5.26 Å². The van der Waals surface area contributed by atoms with Crippen molar-refractivity contribution in [3.63, 3.8) is 0 Å². The van der Waals surface area contributed by atoms with E-state index in [1.165, 1.54) is 0 Å². The predicted molar refractivity (Wildman–Crippen MR) is 68.1 cm³/mol. The summed E-state index contributed by atoms with van der Waals surface area (Å²) in [4.78, 5) is 2.18. The monoisotopic (exact) mass is 279 g/mol. The minimum atomic E-state index is -0.701. The molecule has 1 fully saturated rings. The highest BCUT2D eigenvalue weighted by molar-refractivity contribution is 9.10. The largest absolute Gasteiger partial charge is 0.368 e. The Morgan fingerprint density at radius 2 is 2.19 bits per heavy atom. The number of nitriles is 1. The number of nitrogens with zero attached hydrogens (tertiary/aromatic N) is 2. The summed E-state index contributed by atoms with van der Waals surface area (Å²) in [6.45, 7) is 1.56. The molecule has 1 aromatic carbocycles. The Labute approximate surface area is 104 Å². The van der Waals surface area contributed by atoms with Crippen molar-refractivity contribution >= 4 is 21.6 Å². The fraction of sp³-hybridized carbons (Fsp3) is 0.417. The number of hydrogen-bond acceptors (Lipinski definition) is 3. The number of nitrogens with two attached hydrogens (primary N) is 1. The molecule has 16 heavy (non-hydrogen) atoms. The summed E-state index contributed by atoms with van der Waals surface area (Å²) in [5.74, 6) is 0. The number of benzene rings is 1. The average molecular weight is 280 g/mol. The lowest BCUT2D eigenvalue weighted by Gasteiger charge is -2.37. The van der Waals surface area contributed by atoms with Gasteiger partial charge < -0.3 is 10.6 Å². The first-order chi connectivity index (χ1) is 7.64. The first kappa shape index (κ1) is 11.4. The molecule has 84 valence electrons. The first-order valence-electron chi connectivity index (χ1n) is 5.34. The van der Waals surface area contributed by atoms with Crippen molar-refractivity contribution in [1.29, 1.82) is 5.26 Å². The van der Waals surface area contributed by atoms with Crippen molar-refractivity contribution in [2.75, 3.05) is 18.0 Å². The van der Waals surface area contributed by atoms with Gasteiger partial charge in [0.15, 0.2) is 0 Å². The topological polar surface area (TPSA) is 53.1 Å². The second kappa shape index (κ2) is 4.44. The van der Waals surface area contributed by atoms with Gasteiger partial charge in [0.2, 0.25) is 0 Å². The zero-order chi connectivity index (χ0) is 11.6. The van der Waals surface area contributed by atoms with Gasteiger partial charge in [0, 0.05) is 17.6 Å². The van der Waals surface area contributed by atoms with Crippen LogP contribution in [-0.4, -0.2) is 18.6 Å². The van der Waals surface area contributed by atoms with Crippen molar-refractivity contribution in [1.82, 2.24) is 0 Å². The Morgan fingerprint density at radius 3 is 2.88 bits per heavy atom. The lowest BCUT2D eigenvalue weighted by atomic mass is 9.91. The van der Waals surface area contributed by atoms with E-state index in [1.807, 2.05) is 24.3 Å². The van der Waals surface area contributed by atoms with E-state index in [2.05, 4.69) is 26.9 Å². The molecule has 0 saturated carbocycles. The van der Waals surface area contributed by atoms with Gasteiger partial charge in [-0.25, -0.2) is 0 Å². The van der Waals surface area contributed by atoms with E-state index in [0.29, 0.717) is 6.54 Å². The predicted octanol–water partition coefficient (Wildman–Crippen LogP) is 2.27. The van der Waals surface area contributed by atoms with Gasteiger partial charge in [-0.1, -0.05) is 12.1 Å². The molecule has 1 heterocycles. The van der Waals surface area contributed by atoms with Crippen LogP contribution in [0.25, 0.3) is 0 Å². The second-order valence-corrected chi connectivity index (χ2v) is 5.10. The lowest BCUT2D eigenvalue weighted by Crippen LogP contribution is -2.53. The Balaban J connectivity index is 2.23. The molecule has 0 aromatic heterocycles. The molecule has 1 saturated heterocycles. The molecule has 3 nitrogen and oxygen atoms in total. The van der Waals surface area contributed by atoms with Crippen LogP contribution in [0.4, 0.5) is 5.69 Å². The van der Waals surface area contributed by atoms with Crippen LogP contribution in [0.1, 0.15) is 12.8 Å². The number of halogens is 1. The van der Waals surface area contributed by atoms with Crippen LogP contribution < -0.4 is 10.6 Å². The Bertz CT molecular complexity index is 427. The summed E-state index contributed by atoms with van der Waals surface area (Å²) in [6.07, 6.45) is 1.75. The quantitative estimate of drug-likeness (QED) is 0.858. The summed E-state index contributed by atoms with van der Waals surface area (Å²) in [5, 5.41) is 9.07. The molecular formula is C12H14BrN3. The molecule has 0 amide bonds. The highest BCUT2D eigenvalue weighted by Gasteiger charge is 2.32. The third kappa shape index (κ3) is 2.21. The molecule has 2 N–H and O–H groups in total. The van der Waals surface area contributed by atoms with Crippen molar-refractivity contribution in [3.8, 4) is 6.07 Å². The van der Waals surface area contributed by atoms with E-state index in [-0.39, 0.29) is 0 Å². The molecule has 0 radical (unpaired) electrons. The SMILES string of the molecule is N#CC1(N)CCCN(c2ccccc2Br)C1. The zero-order valence-electron chi connectivity index (χ0n) is 8.99. The molecule has 1 aliphatic rings. The van der Waals surface area contributed by atoms with Crippen molar-refractivity contribution in [2.45, 2.75) is 18.4 Å². The minimum Gasteiger partial charge on any atom is -0.368 e. The number of anilines is 1. The number of piperidine rings is 1. The summed E-state index contributed by atoms with van der Waals surface area (Å²) >= 11 is 3.53. The summed E-state index contributed by atoms with van der Waals surface area (Å²) in [6, 6.07) is 10.3. The highest BCUT2D eigenvalue weighted by Crippen LogP contribution is 2.30. The molecule has 1 atom stereocenters. The molecule has 1 aromatic rings. The van der Waals surface area contributed by atoms with Crippen LogP contribution in [0.15, 0.2) is 28.7 Å². The molecule has 2 rings (SSSR count). The Kier molecular flexibility index (Phi) is 3.17. The molecule has 1 aliphatic heterocycles. The van der Waals surface area contributed by atoms with Crippen LogP contribution in [0, 0.1) is 11.3 Å². The van der Waals surface area contributed by atoms with Gasteiger partial charge >= 0.3 is 0 Å². The maximum atomic E-state index is 9.07. The van der Waals surface area contributed by atoms with Crippen molar-refractivity contribution in [2.24, 2.45) is 5.73 Å². The third-order valence-electron chi connectivity index (χ3n) is 2.94. The number of rotatable bonds is 1. The summed E-state index contributed by atoms with van der Waals surface area (Å²) in [5.41, 5.74) is 6.44. The van der Waals surface area contributed by atoms with E-state index >= 15 is 0 Å². The normalized spacial score (nSPS) is 25.2. The van der Waals surface area contributed by atoms with Crippen LogP contribution in [0.5, 0.6) is 0 Å². The lowest BCUT2D eigenvalue weighted by molar-refractivity contribution is 0.424. The van der Waals surface area contributed by atoms with Crippen LogP contribution >= 0.6 is 15.9 Å². The van der Waals surface area contributed by atoms with E-state index < -0.39 is 5.54 Å². The molecule has 0 bridgehead atoms. The van der Waals surface area contributed by atoms with Crippen molar-refractivity contribution < 1.29 is 0 Å². The number of para-hydroxylation sites is 1. The van der Waals surface area contributed by atoms with Gasteiger partial charge in [0.05, 0.1) is 11.8 Å². The first-order valence-corrected chi connectivity index (χ1v) is 6.13. The summed E-state index contributed by atoms with van der Waals surface area (Å²) < 4.78 is 1.05. The van der Waals surface area contributed by atoms with Crippen LogP contribution in [0.3, 0.4) is 0 Å². The molecule has 0 aliphatic carbocycles. The highest BCUT2D eigenvalue weighted by atomic mass is 79.9. The Morgan fingerprint density at radius 1 is 1.44 bits per heavy atom. The standard InChI is InChI=1S/C12H14BrN3/c13-10-4-1-2-5-11(10)16-7-3-6-12(15,8-14)9-16/h1-2,4-5H,3,6-7,9,15H2. The van der Waals surface area contributed by atoms with E-state index in [9.17, 15) is 0 Å². The van der Waals surface area contributed by atoms with Gasteiger partial charge in [-0.15, -0.1) is 0 Å². The second-order valence-electron chi connectivity index (χ2n) is 4.24. The number of hydrogen-bond donors (Lipinski definition) is 1. The van der Waals surface area contributed by atoms with E-state index in [1.54, 1.807) is 0 Å². The van der Waals surface area contributed by atoms with Crippen LogP contribution in [-0.2, 0) is 0 Å². The summed E-state index contributed by atoms with van der Waals surface area (Å²) in [7, 11) is 0. The maximum absolute atomic E-state index is 9.07. The van der Waals surface area contributed by atoms with Gasteiger partial charge in [-0.3, -0.25) is 0 Å². The van der Waals surface area contributed by atoms with E-state index in [4.69, 9.17) is 11.0 Å². The molecule has 4 heteroatoms. The molecule has 0 spiro atoms. The average Bonchev–Trinajstić information content (AvgIpc) is 2.30. The van der Waals surface area contributed by atoms with Crippen LogP contribution in [0.2, 0.25) is 0 Å². The molecular weight excluding hydrogens is 266 g/mol. The fourth-order valence-corrected chi connectivity index (χ4v) is 2.62. The van der Waals surface area contributed by atoms with E-state index in [0.717, 1.165) is 29.5 Å². The Hall–Kier alpha value is -1.05. The molecule has 1 unspecified atom stereocenters. The van der Waals surface area contributed by atoms with Crippen molar-refractivity contribution in [3.05, 3.63) is 28.7 Å². The third-order valence-corrected chi connectivity index (χ3v) is 3.61.